The molecule has 144 valence electrons. The Hall–Kier alpha value is -2.12. The van der Waals surface area contributed by atoms with Crippen LogP contribution in [0.15, 0.2) is 0 Å². The van der Waals surface area contributed by atoms with Gasteiger partial charge in [0.2, 0.25) is 0 Å². The van der Waals surface area contributed by atoms with Gasteiger partial charge in [-0.15, -0.1) is 0 Å². The van der Waals surface area contributed by atoms with Crippen molar-refractivity contribution in [3.05, 3.63) is 0 Å². The molecule has 0 aromatic rings. The Kier molecular flexibility index (Phi) is 14.1. The van der Waals surface area contributed by atoms with Crippen LogP contribution in [0.5, 0.6) is 0 Å². The molecule has 0 N–H and O–H groups in total. The summed E-state index contributed by atoms with van der Waals surface area (Å²) in [6.45, 7) is 0.372. The smallest absolute Gasteiger partial charge is 0.305 e. The number of unbranched alkanes of at least 4 members (excludes halogenated alkanes) is 2. The van der Waals surface area contributed by atoms with Gasteiger partial charge in [-0.2, -0.15) is 0 Å². The number of methoxy groups -OCH3 is 2. The summed E-state index contributed by atoms with van der Waals surface area (Å²) in [4.78, 5) is 44.6. The Bertz CT molecular complexity index is 381. The minimum absolute atomic E-state index is 0.186. The van der Waals surface area contributed by atoms with Crippen molar-refractivity contribution in [3.8, 4) is 0 Å². The van der Waals surface area contributed by atoms with Crippen molar-refractivity contribution in [3.63, 3.8) is 0 Å². The predicted molar refractivity (Wildman–Crippen MR) is 87.5 cm³/mol. The fourth-order valence-electron chi connectivity index (χ4n) is 1.86. The summed E-state index contributed by atoms with van der Waals surface area (Å²) in [6.07, 6.45) is 3.79. The molecular weight excluding hydrogens is 332 g/mol. The second-order valence-corrected chi connectivity index (χ2v) is 5.36. The van der Waals surface area contributed by atoms with Gasteiger partial charge in [0.05, 0.1) is 27.4 Å². The molecule has 0 saturated carbocycles. The zero-order valence-electron chi connectivity index (χ0n) is 15.0. The summed E-state index contributed by atoms with van der Waals surface area (Å²) in [5, 5.41) is 0. The molecule has 0 fully saturated rings. The van der Waals surface area contributed by atoms with Crippen molar-refractivity contribution in [2.45, 2.75) is 57.8 Å². The maximum Gasteiger partial charge on any atom is 0.305 e. The van der Waals surface area contributed by atoms with E-state index in [4.69, 9.17) is 9.47 Å². The van der Waals surface area contributed by atoms with Crippen LogP contribution in [0.3, 0.4) is 0 Å². The molecule has 0 rings (SSSR count). The van der Waals surface area contributed by atoms with Crippen molar-refractivity contribution in [1.29, 1.82) is 0 Å². The molecule has 0 heterocycles. The van der Waals surface area contributed by atoms with E-state index in [1.54, 1.807) is 0 Å². The van der Waals surface area contributed by atoms with E-state index < -0.39 is 0 Å². The molecule has 8 heteroatoms. The summed E-state index contributed by atoms with van der Waals surface area (Å²) in [5.41, 5.74) is 0. The van der Waals surface area contributed by atoms with E-state index in [0.29, 0.717) is 44.9 Å². The van der Waals surface area contributed by atoms with Gasteiger partial charge in [0.15, 0.2) is 0 Å². The van der Waals surface area contributed by atoms with Crippen LogP contribution in [0.25, 0.3) is 0 Å². The lowest BCUT2D eigenvalue weighted by molar-refractivity contribution is -0.147. The van der Waals surface area contributed by atoms with Gasteiger partial charge in [-0.1, -0.05) is 0 Å². The van der Waals surface area contributed by atoms with Crippen LogP contribution in [0.1, 0.15) is 57.8 Å². The number of ether oxygens (including phenoxy) is 4. The average molecular weight is 360 g/mol. The van der Waals surface area contributed by atoms with Crippen molar-refractivity contribution in [2.24, 2.45) is 0 Å². The van der Waals surface area contributed by atoms with E-state index in [1.807, 2.05) is 0 Å². The Morgan fingerprint density at radius 2 is 0.840 bits per heavy atom. The largest absolute Gasteiger partial charge is 0.469 e. The first-order valence-corrected chi connectivity index (χ1v) is 8.44. The molecule has 0 saturated heterocycles. The van der Waals surface area contributed by atoms with E-state index in [9.17, 15) is 19.2 Å². The molecule has 0 spiro atoms. The van der Waals surface area contributed by atoms with Gasteiger partial charge in [-0.05, 0) is 25.7 Å². The predicted octanol–water partition coefficient (Wildman–Crippen LogP) is 1.93. The lowest BCUT2D eigenvalue weighted by Gasteiger charge is -2.06. The topological polar surface area (TPSA) is 105 Å². The monoisotopic (exact) mass is 360 g/mol. The summed E-state index contributed by atoms with van der Waals surface area (Å²) in [5.74, 6) is -1.25. The minimum Gasteiger partial charge on any atom is -0.469 e. The molecule has 0 unspecified atom stereocenters. The SMILES string of the molecule is COC(=O)CCCCC(=O)OCCCOC(=O)CCCCC(=O)OC. The highest BCUT2D eigenvalue weighted by Gasteiger charge is 2.07. The fourth-order valence-corrected chi connectivity index (χ4v) is 1.86. The van der Waals surface area contributed by atoms with Crippen LogP contribution in [0, 0.1) is 0 Å². The second-order valence-electron chi connectivity index (χ2n) is 5.36. The number of hydrogen-bond donors (Lipinski definition) is 0. The molecule has 0 aliphatic rings. The third-order valence-corrected chi connectivity index (χ3v) is 3.29. The molecule has 0 aromatic heterocycles. The standard InChI is InChI=1S/C17H28O8/c1-22-14(18)8-3-5-10-16(20)24-12-7-13-25-17(21)11-6-4-9-15(19)23-2/h3-13H2,1-2H3. The normalized spacial score (nSPS) is 10.0. The van der Waals surface area contributed by atoms with Crippen LogP contribution >= 0.6 is 0 Å². The lowest BCUT2D eigenvalue weighted by Crippen LogP contribution is -2.11. The average Bonchev–Trinajstić information content (AvgIpc) is 2.61. The summed E-state index contributed by atoms with van der Waals surface area (Å²) < 4.78 is 19.0. The lowest BCUT2D eigenvalue weighted by atomic mass is 10.2. The minimum atomic E-state index is -0.334. The van der Waals surface area contributed by atoms with E-state index in [1.165, 1.54) is 14.2 Å². The van der Waals surface area contributed by atoms with E-state index >= 15 is 0 Å². The molecule has 0 bridgehead atoms. The fraction of sp³-hybridized carbons (Fsp3) is 0.765. The van der Waals surface area contributed by atoms with E-state index in [0.717, 1.165) is 0 Å². The Labute approximate surface area is 148 Å². The summed E-state index contributed by atoms with van der Waals surface area (Å²) >= 11 is 0. The molecular formula is C17H28O8. The van der Waals surface area contributed by atoms with Gasteiger partial charge >= 0.3 is 23.9 Å². The maximum atomic E-state index is 11.4. The molecule has 0 aromatic carbocycles. The molecule has 0 radical (unpaired) electrons. The highest BCUT2D eigenvalue weighted by atomic mass is 16.5. The summed E-state index contributed by atoms with van der Waals surface area (Å²) in [7, 11) is 2.65. The van der Waals surface area contributed by atoms with Crippen LogP contribution in [0.4, 0.5) is 0 Å². The van der Waals surface area contributed by atoms with Crippen molar-refractivity contribution < 1.29 is 38.1 Å². The molecule has 0 aliphatic heterocycles. The first-order valence-electron chi connectivity index (χ1n) is 8.44. The third kappa shape index (κ3) is 15.2. The van der Waals surface area contributed by atoms with E-state index in [-0.39, 0.29) is 49.9 Å². The Morgan fingerprint density at radius 3 is 1.16 bits per heavy atom. The van der Waals surface area contributed by atoms with Crippen LogP contribution in [-0.4, -0.2) is 51.3 Å². The van der Waals surface area contributed by atoms with Crippen molar-refractivity contribution in [1.82, 2.24) is 0 Å². The van der Waals surface area contributed by atoms with E-state index in [2.05, 4.69) is 9.47 Å². The van der Waals surface area contributed by atoms with Crippen LogP contribution in [0.2, 0.25) is 0 Å². The van der Waals surface area contributed by atoms with Gasteiger partial charge in [0.1, 0.15) is 0 Å². The maximum absolute atomic E-state index is 11.4. The van der Waals surface area contributed by atoms with Crippen molar-refractivity contribution >= 4 is 23.9 Å². The van der Waals surface area contributed by atoms with Crippen molar-refractivity contribution in [2.75, 3.05) is 27.4 Å². The first kappa shape index (κ1) is 22.9. The number of rotatable bonds is 14. The van der Waals surface area contributed by atoms with Gasteiger partial charge in [-0.25, -0.2) is 0 Å². The Balaban J connectivity index is 3.43. The number of carbonyl (C=O) groups is 4. The Morgan fingerprint density at radius 1 is 0.520 bits per heavy atom. The van der Waals surface area contributed by atoms with Crippen LogP contribution in [-0.2, 0) is 38.1 Å². The summed E-state index contributed by atoms with van der Waals surface area (Å²) in [6, 6.07) is 0. The third-order valence-electron chi connectivity index (χ3n) is 3.29. The van der Waals surface area contributed by atoms with Crippen LogP contribution < -0.4 is 0 Å². The molecule has 0 amide bonds. The highest BCUT2D eigenvalue weighted by Crippen LogP contribution is 2.04. The number of carbonyl (C=O) groups excluding carboxylic acids is 4. The molecule has 25 heavy (non-hydrogen) atoms. The zero-order valence-corrected chi connectivity index (χ0v) is 15.0. The quantitative estimate of drug-likeness (QED) is 0.263. The molecule has 0 aliphatic carbocycles. The number of hydrogen-bond acceptors (Lipinski definition) is 8. The first-order chi connectivity index (χ1) is 12.0. The van der Waals surface area contributed by atoms with Gasteiger partial charge < -0.3 is 18.9 Å². The molecule has 8 nitrogen and oxygen atoms in total. The van der Waals surface area contributed by atoms with Gasteiger partial charge in [-0.3, -0.25) is 19.2 Å². The van der Waals surface area contributed by atoms with Gasteiger partial charge in [0.25, 0.3) is 0 Å². The highest BCUT2D eigenvalue weighted by molar-refractivity contribution is 5.71. The zero-order chi connectivity index (χ0) is 18.9. The number of esters is 4. The van der Waals surface area contributed by atoms with Gasteiger partial charge in [0, 0.05) is 32.1 Å². The molecule has 0 atom stereocenters. The second kappa shape index (κ2) is 15.4.